The van der Waals surface area contributed by atoms with Crippen molar-refractivity contribution in [1.29, 1.82) is 0 Å². The minimum absolute atomic E-state index is 0.230. The van der Waals surface area contributed by atoms with Crippen molar-refractivity contribution in [3.8, 4) is 0 Å². The van der Waals surface area contributed by atoms with Crippen LogP contribution in [0.3, 0.4) is 0 Å². The number of anilines is 1. The Morgan fingerprint density at radius 1 is 1.09 bits per heavy atom. The lowest BCUT2D eigenvalue weighted by Crippen LogP contribution is -2.48. The van der Waals surface area contributed by atoms with Gasteiger partial charge in [0.1, 0.15) is 5.70 Å². The Hall–Kier alpha value is -1.89. The van der Waals surface area contributed by atoms with Gasteiger partial charge < -0.3 is 15.5 Å². The summed E-state index contributed by atoms with van der Waals surface area (Å²) in [6.07, 6.45) is 0.761. The van der Waals surface area contributed by atoms with Crippen LogP contribution in [0.25, 0.3) is 0 Å². The van der Waals surface area contributed by atoms with Crippen molar-refractivity contribution >= 4 is 5.69 Å². The van der Waals surface area contributed by atoms with Crippen molar-refractivity contribution < 1.29 is 13.2 Å². The highest BCUT2D eigenvalue weighted by atomic mass is 19.4. The molecule has 0 unspecified atom stereocenters. The van der Waals surface area contributed by atoms with Crippen molar-refractivity contribution in [2.24, 2.45) is 11.7 Å². The van der Waals surface area contributed by atoms with Crippen molar-refractivity contribution in [2.45, 2.75) is 66.0 Å². The first kappa shape index (κ1) is 24.7. The monoisotopic (exact) mass is 452 g/mol. The van der Waals surface area contributed by atoms with E-state index in [1.807, 2.05) is 4.90 Å². The molecule has 32 heavy (non-hydrogen) atoms. The SMILES string of the molecule is CCCN(CCC1CC1)C/C(=C(/N)C(F)(F)F)N1CCCN(c2c(C)cc(C)cc2C)C1. The predicted octanol–water partition coefficient (Wildman–Crippen LogP) is 5.33. The van der Waals surface area contributed by atoms with Crippen molar-refractivity contribution in [1.82, 2.24) is 9.80 Å². The largest absolute Gasteiger partial charge is 0.432 e. The van der Waals surface area contributed by atoms with Crippen LogP contribution in [0.5, 0.6) is 0 Å². The first-order valence-corrected chi connectivity index (χ1v) is 12.0. The number of nitrogens with two attached hydrogens (primary N) is 1. The summed E-state index contributed by atoms with van der Waals surface area (Å²) in [5.41, 5.74) is 9.71. The Labute approximate surface area is 191 Å². The quantitative estimate of drug-likeness (QED) is 0.550. The van der Waals surface area contributed by atoms with Crippen LogP contribution in [0.15, 0.2) is 23.5 Å². The number of allylic oxidation sites excluding steroid dienone is 1. The molecule has 0 aromatic heterocycles. The first-order chi connectivity index (χ1) is 15.1. The molecule has 2 fully saturated rings. The van der Waals surface area contributed by atoms with Gasteiger partial charge in [-0.3, -0.25) is 4.90 Å². The van der Waals surface area contributed by atoms with Crippen LogP contribution in [-0.2, 0) is 0 Å². The van der Waals surface area contributed by atoms with Crippen LogP contribution >= 0.6 is 0 Å². The number of aryl methyl sites for hydroxylation is 3. The lowest BCUT2D eigenvalue weighted by atomic mass is 10.0. The molecule has 3 rings (SSSR count). The zero-order valence-corrected chi connectivity index (χ0v) is 20.1. The predicted molar refractivity (Wildman–Crippen MR) is 126 cm³/mol. The number of benzene rings is 1. The first-order valence-electron chi connectivity index (χ1n) is 12.0. The fourth-order valence-corrected chi connectivity index (χ4v) is 4.96. The molecule has 1 aromatic carbocycles. The van der Waals surface area contributed by atoms with Crippen LogP contribution in [0, 0.1) is 26.7 Å². The molecule has 1 saturated carbocycles. The van der Waals surface area contributed by atoms with Gasteiger partial charge in [-0.25, -0.2) is 0 Å². The molecule has 1 aliphatic heterocycles. The van der Waals surface area contributed by atoms with Crippen molar-refractivity contribution in [2.75, 3.05) is 44.3 Å². The van der Waals surface area contributed by atoms with E-state index in [0.717, 1.165) is 61.6 Å². The minimum Gasteiger partial charge on any atom is -0.393 e. The summed E-state index contributed by atoms with van der Waals surface area (Å²) in [7, 11) is 0. The fraction of sp³-hybridized carbons (Fsp3) is 0.680. The summed E-state index contributed by atoms with van der Waals surface area (Å²) < 4.78 is 41.3. The minimum atomic E-state index is -4.53. The number of halogens is 3. The normalized spacial score (nSPS) is 18.4. The maximum absolute atomic E-state index is 13.8. The van der Waals surface area contributed by atoms with E-state index < -0.39 is 11.9 Å². The molecule has 2 N–H and O–H groups in total. The average Bonchev–Trinajstić information content (AvgIpc) is 3.53. The third-order valence-corrected chi connectivity index (χ3v) is 6.61. The molecule has 0 radical (unpaired) electrons. The van der Waals surface area contributed by atoms with Gasteiger partial charge in [0.05, 0.1) is 12.4 Å². The van der Waals surface area contributed by atoms with Gasteiger partial charge in [0.25, 0.3) is 0 Å². The molecule has 1 aromatic rings. The molecule has 0 amide bonds. The molecule has 1 aliphatic carbocycles. The maximum atomic E-state index is 13.8. The Kier molecular flexibility index (Phi) is 8.01. The molecule has 2 aliphatic rings. The van der Waals surface area contributed by atoms with E-state index in [1.54, 1.807) is 0 Å². The number of hydrogen-bond donors (Lipinski definition) is 1. The van der Waals surface area contributed by atoms with Gasteiger partial charge in [-0.1, -0.05) is 37.5 Å². The van der Waals surface area contributed by atoms with Crippen LogP contribution in [0.4, 0.5) is 18.9 Å². The van der Waals surface area contributed by atoms with Crippen LogP contribution in [-0.4, -0.2) is 55.4 Å². The number of alkyl halides is 3. The topological polar surface area (TPSA) is 35.7 Å². The fourth-order valence-electron chi connectivity index (χ4n) is 4.96. The third kappa shape index (κ3) is 6.33. The summed E-state index contributed by atoms with van der Waals surface area (Å²) in [5.74, 6) is 0.750. The summed E-state index contributed by atoms with van der Waals surface area (Å²) >= 11 is 0. The van der Waals surface area contributed by atoms with Crippen molar-refractivity contribution in [3.63, 3.8) is 0 Å². The lowest BCUT2D eigenvalue weighted by molar-refractivity contribution is -0.0953. The molecular formula is C25H39F3N4. The molecule has 0 atom stereocenters. The van der Waals surface area contributed by atoms with Gasteiger partial charge in [-0.15, -0.1) is 0 Å². The van der Waals surface area contributed by atoms with Gasteiger partial charge in [-0.2, -0.15) is 13.2 Å². The lowest BCUT2D eigenvalue weighted by Gasteiger charge is -2.42. The van der Waals surface area contributed by atoms with E-state index in [0.29, 0.717) is 13.2 Å². The van der Waals surface area contributed by atoms with E-state index in [1.165, 1.54) is 18.4 Å². The van der Waals surface area contributed by atoms with Gasteiger partial charge in [-0.05, 0) is 70.2 Å². The Bertz CT molecular complexity index is 791. The molecular weight excluding hydrogens is 413 g/mol. The van der Waals surface area contributed by atoms with Crippen molar-refractivity contribution in [3.05, 3.63) is 40.2 Å². The Balaban J connectivity index is 1.85. The highest BCUT2D eigenvalue weighted by Crippen LogP contribution is 2.34. The smallest absolute Gasteiger partial charge is 0.393 e. The molecule has 180 valence electrons. The third-order valence-electron chi connectivity index (χ3n) is 6.61. The zero-order valence-electron chi connectivity index (χ0n) is 20.1. The standard InChI is InChI=1S/C25H39F3N4/c1-5-10-30(13-9-21-7-8-21)16-22(24(29)25(26,27)28)31-11-6-12-32(17-31)23-19(3)14-18(2)15-20(23)4/h14-15,21H,5-13,16-17,29H2,1-4H3/b24-22-. The van der Waals surface area contributed by atoms with Crippen LogP contribution in [0.2, 0.25) is 0 Å². The van der Waals surface area contributed by atoms with Gasteiger partial charge in [0.2, 0.25) is 0 Å². The number of hydrogen-bond acceptors (Lipinski definition) is 4. The molecule has 0 bridgehead atoms. The van der Waals surface area contributed by atoms with Crippen LogP contribution in [0.1, 0.15) is 55.7 Å². The second kappa shape index (κ2) is 10.4. The molecule has 1 heterocycles. The zero-order chi connectivity index (χ0) is 23.5. The van der Waals surface area contributed by atoms with E-state index in [4.69, 9.17) is 5.73 Å². The second-order valence-corrected chi connectivity index (χ2v) is 9.64. The number of rotatable bonds is 9. The summed E-state index contributed by atoms with van der Waals surface area (Å²) in [6, 6.07) is 4.28. The summed E-state index contributed by atoms with van der Waals surface area (Å²) in [5, 5.41) is 0. The Morgan fingerprint density at radius 3 is 2.31 bits per heavy atom. The van der Waals surface area contributed by atoms with E-state index in [2.05, 4.69) is 49.6 Å². The second-order valence-electron chi connectivity index (χ2n) is 9.64. The highest BCUT2D eigenvalue weighted by Gasteiger charge is 2.37. The summed E-state index contributed by atoms with van der Waals surface area (Å²) in [4.78, 5) is 6.24. The van der Waals surface area contributed by atoms with E-state index >= 15 is 0 Å². The highest BCUT2D eigenvalue weighted by molar-refractivity contribution is 5.60. The molecule has 4 nitrogen and oxygen atoms in total. The molecule has 1 saturated heterocycles. The van der Waals surface area contributed by atoms with Gasteiger partial charge >= 0.3 is 6.18 Å². The molecule has 7 heteroatoms. The van der Waals surface area contributed by atoms with Crippen LogP contribution < -0.4 is 10.6 Å². The maximum Gasteiger partial charge on any atom is 0.432 e. The van der Waals surface area contributed by atoms with Gasteiger partial charge in [0, 0.05) is 25.3 Å². The number of nitrogens with zero attached hydrogens (tertiary/aromatic N) is 3. The van der Waals surface area contributed by atoms with E-state index in [9.17, 15) is 13.2 Å². The van der Waals surface area contributed by atoms with Gasteiger partial charge in [0.15, 0.2) is 0 Å². The molecule has 0 spiro atoms. The Morgan fingerprint density at radius 2 is 1.75 bits per heavy atom. The van der Waals surface area contributed by atoms with E-state index in [-0.39, 0.29) is 12.2 Å². The average molecular weight is 453 g/mol. The summed E-state index contributed by atoms with van der Waals surface area (Å²) in [6.45, 7) is 12.0.